The molecule has 28 heavy (non-hydrogen) atoms. The quantitative estimate of drug-likeness (QED) is 0.490. The third kappa shape index (κ3) is 5.65. The minimum atomic E-state index is -3.89. The molecule has 0 heterocycles. The van der Waals surface area contributed by atoms with Gasteiger partial charge in [0.05, 0.1) is 16.9 Å². The van der Waals surface area contributed by atoms with Crippen LogP contribution < -0.4 is 15.2 Å². The lowest BCUT2D eigenvalue weighted by Crippen LogP contribution is -2.32. The van der Waals surface area contributed by atoms with Crippen LogP contribution in [-0.4, -0.2) is 27.0 Å². The molecule has 0 aliphatic carbocycles. The first-order chi connectivity index (χ1) is 12.7. The molecule has 154 valence electrons. The van der Waals surface area contributed by atoms with Crippen LogP contribution in [0.25, 0.3) is 0 Å². The molecule has 0 fully saturated rings. The Labute approximate surface area is 170 Å². The number of nitrogens with zero attached hydrogens (tertiary/aromatic N) is 1. The lowest BCUT2D eigenvalue weighted by Gasteiger charge is -2.15. The first-order valence-corrected chi connectivity index (χ1v) is 9.81. The van der Waals surface area contributed by atoms with E-state index in [1.807, 2.05) is 24.3 Å². The normalized spacial score (nSPS) is 12.3. The molecule has 1 atom stereocenters. The van der Waals surface area contributed by atoms with Crippen molar-refractivity contribution >= 4 is 28.1 Å². The zero-order chi connectivity index (χ0) is 20.2. The summed E-state index contributed by atoms with van der Waals surface area (Å²) in [6, 6.07) is 10.5. The van der Waals surface area contributed by atoms with Crippen LogP contribution in [0.4, 0.5) is 5.69 Å². The van der Waals surface area contributed by atoms with E-state index >= 15 is 0 Å². The van der Waals surface area contributed by atoms with Crippen LogP contribution in [-0.2, 0) is 10.0 Å². The second-order valence-corrected chi connectivity index (χ2v) is 8.14. The molecule has 0 bridgehead atoms. The third-order valence-corrected chi connectivity index (χ3v) is 5.60. The van der Waals surface area contributed by atoms with Crippen molar-refractivity contribution in [1.82, 2.24) is 4.72 Å². The molecule has 0 aromatic heterocycles. The second-order valence-electron chi connectivity index (χ2n) is 6.37. The van der Waals surface area contributed by atoms with Crippen molar-refractivity contribution in [3.63, 3.8) is 0 Å². The Bertz CT molecular complexity index is 917. The van der Waals surface area contributed by atoms with Gasteiger partial charge in [-0.15, -0.1) is 12.4 Å². The van der Waals surface area contributed by atoms with E-state index in [-0.39, 0.29) is 35.3 Å². The van der Waals surface area contributed by atoms with Gasteiger partial charge in [0.2, 0.25) is 10.0 Å². The smallest absolute Gasteiger partial charge is 0.310 e. The minimum Gasteiger partial charge on any atom is -0.490 e. The van der Waals surface area contributed by atoms with Crippen molar-refractivity contribution in [2.75, 3.05) is 13.7 Å². The predicted molar refractivity (Wildman–Crippen MR) is 110 cm³/mol. The fourth-order valence-electron chi connectivity index (χ4n) is 2.50. The second kappa shape index (κ2) is 9.83. The fraction of sp³-hybridized carbons (Fsp3) is 0.333. The standard InChI is InChI=1S/C18H23N3O5S.ClH/c1-12(2)13-4-6-14(7-5-13)16(19)11-20-27(24,25)15-8-9-17(21(22)23)18(10-15)26-3;/h4-10,12,16,20H,11,19H2,1-3H3;1H. The first-order valence-electron chi connectivity index (χ1n) is 8.33. The summed E-state index contributed by atoms with van der Waals surface area (Å²) in [5.74, 6) is 0.266. The molecule has 0 aliphatic rings. The summed E-state index contributed by atoms with van der Waals surface area (Å²) in [6.07, 6.45) is 0. The number of ether oxygens (including phenoxy) is 1. The van der Waals surface area contributed by atoms with Gasteiger partial charge >= 0.3 is 5.69 Å². The molecule has 0 radical (unpaired) electrons. The van der Waals surface area contributed by atoms with Crippen molar-refractivity contribution in [2.45, 2.75) is 30.7 Å². The molecule has 0 saturated heterocycles. The van der Waals surface area contributed by atoms with Crippen molar-refractivity contribution in [3.8, 4) is 5.75 Å². The number of hydrogen-bond acceptors (Lipinski definition) is 6. The maximum absolute atomic E-state index is 12.5. The number of hydrogen-bond donors (Lipinski definition) is 2. The zero-order valence-electron chi connectivity index (χ0n) is 15.8. The Morgan fingerprint density at radius 2 is 1.71 bits per heavy atom. The maximum atomic E-state index is 12.5. The van der Waals surface area contributed by atoms with E-state index in [2.05, 4.69) is 18.6 Å². The van der Waals surface area contributed by atoms with Gasteiger partial charge in [0.1, 0.15) is 0 Å². The molecule has 0 aliphatic heterocycles. The Kier molecular flexibility index (Phi) is 8.37. The van der Waals surface area contributed by atoms with E-state index in [9.17, 15) is 18.5 Å². The largest absolute Gasteiger partial charge is 0.490 e. The predicted octanol–water partition coefficient (Wildman–Crippen LogP) is 3.13. The van der Waals surface area contributed by atoms with Crippen LogP contribution in [0.3, 0.4) is 0 Å². The Morgan fingerprint density at radius 3 is 2.21 bits per heavy atom. The molecular formula is C18H24ClN3O5S. The summed E-state index contributed by atoms with van der Waals surface area (Å²) >= 11 is 0. The van der Waals surface area contributed by atoms with Crippen LogP contribution in [0.15, 0.2) is 47.4 Å². The van der Waals surface area contributed by atoms with E-state index < -0.39 is 21.0 Å². The summed E-state index contributed by atoms with van der Waals surface area (Å²) in [5, 5.41) is 10.9. The molecule has 1 unspecified atom stereocenters. The van der Waals surface area contributed by atoms with Crippen LogP contribution in [0.2, 0.25) is 0 Å². The van der Waals surface area contributed by atoms with Crippen LogP contribution in [0, 0.1) is 10.1 Å². The Balaban J connectivity index is 0.00000392. The van der Waals surface area contributed by atoms with Crippen molar-refractivity contribution in [1.29, 1.82) is 0 Å². The Morgan fingerprint density at radius 1 is 1.14 bits per heavy atom. The molecule has 0 spiro atoms. The number of sulfonamides is 1. The number of nitro benzene ring substituents is 1. The number of nitrogens with one attached hydrogen (secondary N) is 1. The topological polar surface area (TPSA) is 125 Å². The van der Waals surface area contributed by atoms with Gasteiger partial charge in [0.15, 0.2) is 5.75 Å². The Hall–Kier alpha value is -2.20. The maximum Gasteiger partial charge on any atom is 0.310 e. The molecule has 0 amide bonds. The van der Waals surface area contributed by atoms with Crippen molar-refractivity contribution in [2.24, 2.45) is 5.73 Å². The number of nitro groups is 1. The molecule has 2 rings (SSSR count). The SMILES string of the molecule is COc1cc(S(=O)(=O)NCC(N)c2ccc(C(C)C)cc2)ccc1[N+](=O)[O-].Cl. The van der Waals surface area contributed by atoms with E-state index in [1.165, 1.54) is 12.7 Å². The van der Waals surface area contributed by atoms with Crippen molar-refractivity contribution < 1.29 is 18.1 Å². The number of methoxy groups -OCH3 is 1. The summed E-state index contributed by atoms with van der Waals surface area (Å²) in [7, 11) is -2.65. The zero-order valence-corrected chi connectivity index (χ0v) is 17.4. The lowest BCUT2D eigenvalue weighted by molar-refractivity contribution is -0.385. The molecular weight excluding hydrogens is 406 g/mol. The van der Waals surface area contributed by atoms with Gasteiger partial charge in [-0.05, 0) is 23.1 Å². The van der Waals surface area contributed by atoms with Gasteiger partial charge in [0.25, 0.3) is 0 Å². The van der Waals surface area contributed by atoms with E-state index in [0.29, 0.717) is 5.92 Å². The van der Waals surface area contributed by atoms with Crippen LogP contribution in [0.5, 0.6) is 5.75 Å². The van der Waals surface area contributed by atoms with Gasteiger partial charge in [-0.3, -0.25) is 10.1 Å². The number of nitrogens with two attached hydrogens (primary N) is 1. The molecule has 3 N–H and O–H groups in total. The molecule has 0 saturated carbocycles. The third-order valence-electron chi connectivity index (χ3n) is 4.18. The highest BCUT2D eigenvalue weighted by molar-refractivity contribution is 7.89. The summed E-state index contributed by atoms with van der Waals surface area (Å²) in [4.78, 5) is 10.2. The number of halogens is 1. The minimum absolute atomic E-state index is 0. The number of rotatable bonds is 8. The van der Waals surface area contributed by atoms with Crippen molar-refractivity contribution in [3.05, 3.63) is 63.7 Å². The van der Waals surface area contributed by atoms with Gasteiger partial charge in [-0.25, -0.2) is 13.1 Å². The van der Waals surface area contributed by atoms with Gasteiger partial charge in [-0.1, -0.05) is 38.1 Å². The van der Waals surface area contributed by atoms with Gasteiger partial charge in [0, 0.05) is 24.7 Å². The highest BCUT2D eigenvalue weighted by Crippen LogP contribution is 2.29. The summed E-state index contributed by atoms with van der Waals surface area (Å²) in [5.41, 5.74) is 7.76. The summed E-state index contributed by atoms with van der Waals surface area (Å²) < 4.78 is 32.3. The average molecular weight is 430 g/mol. The monoisotopic (exact) mass is 429 g/mol. The molecule has 2 aromatic rings. The van der Waals surface area contributed by atoms with Crippen LogP contribution >= 0.6 is 12.4 Å². The highest BCUT2D eigenvalue weighted by atomic mass is 35.5. The van der Waals surface area contributed by atoms with Gasteiger partial charge < -0.3 is 10.5 Å². The fourth-order valence-corrected chi connectivity index (χ4v) is 3.58. The average Bonchev–Trinajstić information content (AvgIpc) is 2.65. The molecule has 10 heteroatoms. The first kappa shape index (κ1) is 23.8. The summed E-state index contributed by atoms with van der Waals surface area (Å²) in [6.45, 7) is 4.16. The lowest BCUT2D eigenvalue weighted by atomic mass is 9.99. The molecule has 8 nitrogen and oxygen atoms in total. The van der Waals surface area contributed by atoms with E-state index in [4.69, 9.17) is 10.5 Å². The van der Waals surface area contributed by atoms with E-state index in [1.54, 1.807) is 0 Å². The number of benzene rings is 2. The van der Waals surface area contributed by atoms with Crippen LogP contribution in [0.1, 0.15) is 36.9 Å². The van der Waals surface area contributed by atoms with Gasteiger partial charge in [-0.2, -0.15) is 0 Å². The van der Waals surface area contributed by atoms with E-state index in [0.717, 1.165) is 23.8 Å². The highest BCUT2D eigenvalue weighted by Gasteiger charge is 2.22. The molecule has 2 aromatic carbocycles.